The maximum Gasteiger partial charge on any atom is 0.120 e. The van der Waals surface area contributed by atoms with E-state index in [-0.39, 0.29) is 11.5 Å². The van der Waals surface area contributed by atoms with Gasteiger partial charge in [-0.15, -0.1) is 0 Å². The van der Waals surface area contributed by atoms with Gasteiger partial charge in [0, 0.05) is 11.1 Å². The predicted octanol–water partition coefficient (Wildman–Crippen LogP) is 0.407. The molecule has 0 amide bonds. The van der Waals surface area contributed by atoms with Crippen LogP contribution in [0.5, 0.6) is 11.5 Å². The third kappa shape index (κ3) is 1.32. The highest BCUT2D eigenvalue weighted by Gasteiger charge is 2.43. The number of hydrogen-bond donors (Lipinski definition) is 4. The second-order valence-electron chi connectivity index (χ2n) is 3.92. The summed E-state index contributed by atoms with van der Waals surface area (Å²) in [5.41, 5.74) is 5.76. The number of aromatic hydroxyl groups is 2. The van der Waals surface area contributed by atoms with Gasteiger partial charge in [-0.3, -0.25) is 0 Å². The molecule has 0 aliphatic heterocycles. The van der Waals surface area contributed by atoms with Gasteiger partial charge >= 0.3 is 0 Å². The van der Waals surface area contributed by atoms with Gasteiger partial charge in [-0.2, -0.15) is 0 Å². The number of aliphatic hydroxyl groups excluding tert-OH is 1. The van der Waals surface area contributed by atoms with Gasteiger partial charge in [-0.25, -0.2) is 0 Å². The van der Waals surface area contributed by atoms with Gasteiger partial charge in [-0.05, 0) is 31.0 Å². The molecule has 0 aromatic heterocycles. The molecule has 5 N–H and O–H groups in total. The minimum atomic E-state index is -0.692. The Labute approximate surface area is 81.6 Å². The molecule has 0 unspecified atom stereocenters. The zero-order valence-corrected chi connectivity index (χ0v) is 7.64. The average Bonchev–Trinajstić information content (AvgIpc) is 2.07. The summed E-state index contributed by atoms with van der Waals surface area (Å²) in [5, 5.41) is 28.0. The molecule has 0 saturated heterocycles. The first kappa shape index (κ1) is 9.30. The van der Waals surface area contributed by atoms with Crippen LogP contribution in [0, 0.1) is 0 Å². The van der Waals surface area contributed by atoms with E-state index in [0.717, 1.165) is 0 Å². The maximum atomic E-state index is 9.55. The van der Waals surface area contributed by atoms with Crippen LogP contribution in [0.25, 0.3) is 0 Å². The van der Waals surface area contributed by atoms with Crippen molar-refractivity contribution in [1.82, 2.24) is 0 Å². The van der Waals surface area contributed by atoms with Gasteiger partial charge in [0.15, 0.2) is 0 Å². The molecule has 0 atom stereocenters. The van der Waals surface area contributed by atoms with Crippen LogP contribution in [-0.4, -0.2) is 21.4 Å². The van der Waals surface area contributed by atoms with Crippen LogP contribution in [0.4, 0.5) is 0 Å². The molecule has 1 saturated carbocycles. The monoisotopic (exact) mass is 195 g/mol. The van der Waals surface area contributed by atoms with Crippen molar-refractivity contribution in [3.63, 3.8) is 0 Å². The Morgan fingerprint density at radius 2 is 1.93 bits per heavy atom. The molecule has 14 heavy (non-hydrogen) atoms. The minimum absolute atomic E-state index is 0.0669. The van der Waals surface area contributed by atoms with Crippen LogP contribution in [0.2, 0.25) is 0 Å². The molecule has 1 fully saturated rings. The van der Waals surface area contributed by atoms with E-state index >= 15 is 0 Å². The lowest BCUT2D eigenvalue weighted by molar-refractivity contribution is 0.0198. The van der Waals surface area contributed by atoms with Crippen molar-refractivity contribution in [1.29, 1.82) is 0 Å². The molecule has 1 aliphatic carbocycles. The lowest BCUT2D eigenvalue weighted by Crippen LogP contribution is -2.51. The van der Waals surface area contributed by atoms with Crippen LogP contribution in [0.3, 0.4) is 0 Å². The van der Waals surface area contributed by atoms with Crippen molar-refractivity contribution in [3.8, 4) is 11.5 Å². The van der Waals surface area contributed by atoms with Crippen molar-refractivity contribution in [2.45, 2.75) is 24.5 Å². The van der Waals surface area contributed by atoms with Gasteiger partial charge in [0.1, 0.15) is 11.5 Å². The van der Waals surface area contributed by atoms with Gasteiger partial charge in [0.2, 0.25) is 0 Å². The van der Waals surface area contributed by atoms with Crippen molar-refractivity contribution in [2.24, 2.45) is 5.73 Å². The summed E-state index contributed by atoms with van der Waals surface area (Å²) in [6.45, 7) is 0. The fourth-order valence-electron chi connectivity index (χ4n) is 1.92. The number of benzene rings is 1. The average molecular weight is 195 g/mol. The molecular formula is C10H13NO3. The highest BCUT2D eigenvalue weighted by Crippen LogP contribution is 2.43. The molecule has 0 spiro atoms. The van der Waals surface area contributed by atoms with Crippen LogP contribution in [0.1, 0.15) is 18.4 Å². The lowest BCUT2D eigenvalue weighted by Gasteiger charge is -2.42. The Kier molecular flexibility index (Phi) is 1.90. The largest absolute Gasteiger partial charge is 0.508 e. The van der Waals surface area contributed by atoms with Crippen molar-refractivity contribution in [2.75, 3.05) is 0 Å². The first-order valence-electron chi connectivity index (χ1n) is 4.51. The molecule has 0 radical (unpaired) electrons. The standard InChI is InChI=1S/C10H13NO3/c11-10(4-7(13)5-10)8-3-6(12)1-2-9(8)14/h1-3,7,12-14H,4-5,11H2. The molecule has 1 aliphatic rings. The third-order valence-corrected chi connectivity index (χ3v) is 2.72. The van der Waals surface area contributed by atoms with Crippen LogP contribution in [-0.2, 0) is 5.54 Å². The quantitative estimate of drug-likeness (QED) is 0.489. The Morgan fingerprint density at radius 1 is 1.29 bits per heavy atom. The predicted molar refractivity (Wildman–Crippen MR) is 50.9 cm³/mol. The fraction of sp³-hybridized carbons (Fsp3) is 0.400. The molecule has 4 nitrogen and oxygen atoms in total. The van der Waals surface area contributed by atoms with Crippen molar-refractivity contribution < 1.29 is 15.3 Å². The third-order valence-electron chi connectivity index (χ3n) is 2.72. The molecule has 4 heteroatoms. The van der Waals surface area contributed by atoms with E-state index in [4.69, 9.17) is 5.73 Å². The number of hydrogen-bond acceptors (Lipinski definition) is 4. The molecule has 1 aromatic carbocycles. The van der Waals surface area contributed by atoms with Crippen LogP contribution in [0.15, 0.2) is 18.2 Å². The number of phenols is 2. The molecule has 2 rings (SSSR count). The Bertz CT molecular complexity index is 358. The first-order valence-corrected chi connectivity index (χ1v) is 4.51. The Balaban J connectivity index is 2.36. The number of aliphatic hydroxyl groups is 1. The second kappa shape index (κ2) is 2.87. The molecular weight excluding hydrogens is 182 g/mol. The van der Waals surface area contributed by atoms with Gasteiger partial charge in [-0.1, -0.05) is 0 Å². The highest BCUT2D eigenvalue weighted by atomic mass is 16.3. The summed E-state index contributed by atoms with van der Waals surface area (Å²) in [6, 6.07) is 4.25. The first-order chi connectivity index (χ1) is 6.51. The summed E-state index contributed by atoms with van der Waals surface area (Å²) in [5.74, 6) is 0.140. The molecule has 76 valence electrons. The van der Waals surface area contributed by atoms with E-state index in [1.807, 2.05) is 0 Å². The van der Waals surface area contributed by atoms with Gasteiger partial charge < -0.3 is 21.1 Å². The number of phenolic OH excluding ortho intramolecular Hbond substituents is 2. The zero-order valence-electron chi connectivity index (χ0n) is 7.64. The fourth-order valence-corrected chi connectivity index (χ4v) is 1.92. The summed E-state index contributed by atoms with van der Waals surface area (Å²) in [6.07, 6.45) is 0.440. The Morgan fingerprint density at radius 3 is 2.50 bits per heavy atom. The summed E-state index contributed by atoms with van der Waals surface area (Å²) in [7, 11) is 0. The molecule has 1 aromatic rings. The van der Waals surface area contributed by atoms with Crippen LogP contribution < -0.4 is 5.73 Å². The Hall–Kier alpha value is -1.26. The lowest BCUT2D eigenvalue weighted by atomic mass is 9.70. The van der Waals surface area contributed by atoms with Crippen LogP contribution >= 0.6 is 0 Å². The summed E-state index contributed by atoms with van der Waals surface area (Å²) >= 11 is 0. The van der Waals surface area contributed by atoms with E-state index in [2.05, 4.69) is 0 Å². The van der Waals surface area contributed by atoms with E-state index in [1.165, 1.54) is 18.2 Å². The number of rotatable bonds is 1. The smallest absolute Gasteiger partial charge is 0.120 e. The van der Waals surface area contributed by atoms with E-state index in [9.17, 15) is 15.3 Å². The van der Waals surface area contributed by atoms with Gasteiger partial charge in [0.25, 0.3) is 0 Å². The normalized spacial score (nSPS) is 31.1. The highest BCUT2D eigenvalue weighted by molar-refractivity contribution is 5.44. The van der Waals surface area contributed by atoms with Crippen molar-refractivity contribution in [3.05, 3.63) is 23.8 Å². The van der Waals surface area contributed by atoms with E-state index < -0.39 is 11.6 Å². The second-order valence-corrected chi connectivity index (χ2v) is 3.92. The van der Waals surface area contributed by atoms with Crippen molar-refractivity contribution >= 4 is 0 Å². The van der Waals surface area contributed by atoms with Gasteiger partial charge in [0.05, 0.1) is 6.10 Å². The molecule has 0 heterocycles. The van der Waals surface area contributed by atoms with E-state index in [0.29, 0.717) is 18.4 Å². The maximum absolute atomic E-state index is 9.55. The summed E-state index contributed by atoms with van der Waals surface area (Å²) < 4.78 is 0. The topological polar surface area (TPSA) is 86.7 Å². The zero-order chi connectivity index (χ0) is 10.3. The minimum Gasteiger partial charge on any atom is -0.508 e. The SMILES string of the molecule is NC1(c2cc(O)ccc2O)CC(O)C1. The summed E-state index contributed by atoms with van der Waals surface area (Å²) in [4.78, 5) is 0. The molecule has 0 bridgehead atoms. The number of nitrogens with two attached hydrogens (primary N) is 1. The van der Waals surface area contributed by atoms with E-state index in [1.54, 1.807) is 0 Å².